The molecule has 0 spiro atoms. The van der Waals surface area contributed by atoms with Crippen molar-refractivity contribution in [1.82, 2.24) is 10.2 Å². The molecule has 0 saturated carbocycles. The molecule has 1 heterocycles. The summed E-state index contributed by atoms with van der Waals surface area (Å²) in [5, 5.41) is 3.37. The second kappa shape index (κ2) is 9.86. The van der Waals surface area contributed by atoms with Crippen LogP contribution in [-0.4, -0.2) is 29.9 Å². The molecule has 0 aromatic heterocycles. The first-order chi connectivity index (χ1) is 10.2. The molecule has 1 aromatic carbocycles. The lowest BCUT2D eigenvalue weighted by molar-refractivity contribution is -0.135. The Bertz CT molecular complexity index is 432. The van der Waals surface area contributed by atoms with Gasteiger partial charge in [0.1, 0.15) is 0 Å². The van der Waals surface area contributed by atoms with E-state index in [1.54, 1.807) is 0 Å². The molecule has 124 valence electrons. The summed E-state index contributed by atoms with van der Waals surface area (Å²) in [6.07, 6.45) is 3.97. The third-order valence-electron chi connectivity index (χ3n) is 4.56. The van der Waals surface area contributed by atoms with Gasteiger partial charge in [-0.2, -0.15) is 0 Å². The van der Waals surface area contributed by atoms with Crippen LogP contribution in [0.5, 0.6) is 0 Å². The Kier molecular flexibility index (Phi) is 8.51. The Morgan fingerprint density at radius 1 is 1.27 bits per heavy atom. The van der Waals surface area contributed by atoms with Crippen molar-refractivity contribution in [1.29, 1.82) is 0 Å². The van der Waals surface area contributed by atoms with Gasteiger partial charge < -0.3 is 10.2 Å². The average Bonchev–Trinajstić information content (AvgIpc) is 2.53. The standard InChI is InChI=1S/C18H28N2O.ClH/c1-3-15(2)20(14-17-7-5-4-6-8-17)18(21)13-16-9-11-19-12-10-16;/h4-8,15-16,19H,3,9-14H2,1-2H3;1H. The van der Waals surface area contributed by atoms with E-state index in [9.17, 15) is 4.79 Å². The summed E-state index contributed by atoms with van der Waals surface area (Å²) in [5.74, 6) is 0.876. The van der Waals surface area contributed by atoms with Gasteiger partial charge in [0.15, 0.2) is 0 Å². The average molecular weight is 325 g/mol. The van der Waals surface area contributed by atoms with Crippen molar-refractivity contribution in [2.24, 2.45) is 5.92 Å². The number of benzene rings is 1. The summed E-state index contributed by atoms with van der Waals surface area (Å²) in [6.45, 7) is 7.16. The molecule has 4 heteroatoms. The third-order valence-corrected chi connectivity index (χ3v) is 4.56. The van der Waals surface area contributed by atoms with Crippen LogP contribution >= 0.6 is 12.4 Å². The quantitative estimate of drug-likeness (QED) is 0.866. The first-order valence-corrected chi connectivity index (χ1v) is 8.24. The molecular formula is C18H29ClN2O. The second-order valence-corrected chi connectivity index (χ2v) is 6.16. The molecule has 2 rings (SSSR count). The molecule has 1 N–H and O–H groups in total. The van der Waals surface area contributed by atoms with Crippen molar-refractivity contribution in [2.45, 2.75) is 52.1 Å². The van der Waals surface area contributed by atoms with Gasteiger partial charge in [0, 0.05) is 19.0 Å². The fourth-order valence-electron chi connectivity index (χ4n) is 2.94. The van der Waals surface area contributed by atoms with Crippen LogP contribution in [0.1, 0.15) is 45.1 Å². The highest BCUT2D eigenvalue weighted by Gasteiger charge is 2.23. The highest BCUT2D eigenvalue weighted by Crippen LogP contribution is 2.20. The van der Waals surface area contributed by atoms with Gasteiger partial charge >= 0.3 is 0 Å². The van der Waals surface area contributed by atoms with Gasteiger partial charge in [-0.1, -0.05) is 37.3 Å². The predicted octanol–water partition coefficient (Wildman–Crippen LogP) is 3.63. The molecule has 0 aliphatic carbocycles. The number of hydrogen-bond acceptors (Lipinski definition) is 2. The molecule has 1 aliphatic heterocycles. The minimum absolute atomic E-state index is 0. The minimum atomic E-state index is 0. The number of hydrogen-bond donors (Lipinski definition) is 1. The number of rotatable bonds is 6. The van der Waals surface area contributed by atoms with Gasteiger partial charge in [0.05, 0.1) is 0 Å². The lowest BCUT2D eigenvalue weighted by Gasteiger charge is -2.31. The fraction of sp³-hybridized carbons (Fsp3) is 0.611. The van der Waals surface area contributed by atoms with E-state index in [1.807, 2.05) is 18.2 Å². The van der Waals surface area contributed by atoms with Gasteiger partial charge in [-0.25, -0.2) is 0 Å². The van der Waals surface area contributed by atoms with Crippen LogP contribution in [-0.2, 0) is 11.3 Å². The van der Waals surface area contributed by atoms with Crippen LogP contribution in [0, 0.1) is 5.92 Å². The molecule has 1 aromatic rings. The molecule has 1 unspecified atom stereocenters. The van der Waals surface area contributed by atoms with E-state index < -0.39 is 0 Å². The van der Waals surface area contributed by atoms with Crippen molar-refractivity contribution in [3.8, 4) is 0 Å². The maximum absolute atomic E-state index is 12.7. The summed E-state index contributed by atoms with van der Waals surface area (Å²) in [6, 6.07) is 10.6. The number of amides is 1. The molecule has 1 atom stereocenters. The first kappa shape index (κ1) is 19.0. The molecule has 3 nitrogen and oxygen atoms in total. The van der Waals surface area contributed by atoms with Crippen LogP contribution < -0.4 is 5.32 Å². The number of nitrogens with one attached hydrogen (secondary N) is 1. The fourth-order valence-corrected chi connectivity index (χ4v) is 2.94. The third kappa shape index (κ3) is 5.62. The molecule has 0 bridgehead atoms. The van der Waals surface area contributed by atoms with Crippen molar-refractivity contribution in [3.63, 3.8) is 0 Å². The highest BCUT2D eigenvalue weighted by molar-refractivity contribution is 5.85. The first-order valence-electron chi connectivity index (χ1n) is 8.24. The molecule has 22 heavy (non-hydrogen) atoms. The summed E-state index contributed by atoms with van der Waals surface area (Å²) in [4.78, 5) is 14.8. The summed E-state index contributed by atoms with van der Waals surface area (Å²) >= 11 is 0. The molecule has 1 aliphatic rings. The van der Waals surface area contributed by atoms with E-state index >= 15 is 0 Å². The van der Waals surface area contributed by atoms with Crippen LogP contribution in [0.4, 0.5) is 0 Å². The lowest BCUT2D eigenvalue weighted by atomic mass is 9.93. The normalized spacial score (nSPS) is 16.6. The molecule has 1 saturated heterocycles. The molecular weight excluding hydrogens is 296 g/mol. The zero-order chi connectivity index (χ0) is 15.1. The molecule has 0 radical (unpaired) electrons. The molecule has 1 amide bonds. The van der Waals surface area contributed by atoms with Crippen LogP contribution in [0.25, 0.3) is 0 Å². The van der Waals surface area contributed by atoms with E-state index in [0.717, 1.165) is 38.9 Å². The van der Waals surface area contributed by atoms with E-state index in [1.165, 1.54) is 5.56 Å². The van der Waals surface area contributed by atoms with Crippen molar-refractivity contribution in [2.75, 3.05) is 13.1 Å². The van der Waals surface area contributed by atoms with E-state index in [4.69, 9.17) is 0 Å². The Labute approximate surface area is 140 Å². The lowest BCUT2D eigenvalue weighted by Crippen LogP contribution is -2.39. The summed E-state index contributed by atoms with van der Waals surface area (Å²) in [7, 11) is 0. The van der Waals surface area contributed by atoms with E-state index in [-0.39, 0.29) is 12.4 Å². The SMILES string of the molecule is CCC(C)N(Cc1ccccc1)C(=O)CC1CCNCC1.Cl. The monoisotopic (exact) mass is 324 g/mol. The summed E-state index contributed by atoms with van der Waals surface area (Å²) < 4.78 is 0. The number of halogens is 1. The van der Waals surface area contributed by atoms with Gasteiger partial charge in [0.2, 0.25) is 5.91 Å². The van der Waals surface area contributed by atoms with Gasteiger partial charge in [0.25, 0.3) is 0 Å². The zero-order valence-corrected chi connectivity index (χ0v) is 14.6. The van der Waals surface area contributed by atoms with Gasteiger partial charge in [-0.15, -0.1) is 12.4 Å². The van der Waals surface area contributed by atoms with Crippen LogP contribution in [0.15, 0.2) is 30.3 Å². The van der Waals surface area contributed by atoms with Gasteiger partial charge in [-0.05, 0) is 50.8 Å². The smallest absolute Gasteiger partial charge is 0.223 e. The molecule has 1 fully saturated rings. The van der Waals surface area contributed by atoms with Gasteiger partial charge in [-0.3, -0.25) is 4.79 Å². The zero-order valence-electron chi connectivity index (χ0n) is 13.8. The Balaban J connectivity index is 0.00000242. The topological polar surface area (TPSA) is 32.3 Å². The largest absolute Gasteiger partial charge is 0.336 e. The number of piperidine rings is 1. The number of nitrogens with zero attached hydrogens (tertiary/aromatic N) is 1. The second-order valence-electron chi connectivity index (χ2n) is 6.16. The van der Waals surface area contributed by atoms with E-state index in [2.05, 4.69) is 36.2 Å². The van der Waals surface area contributed by atoms with Crippen molar-refractivity contribution < 1.29 is 4.79 Å². The highest BCUT2D eigenvalue weighted by atomic mass is 35.5. The van der Waals surface area contributed by atoms with E-state index in [0.29, 0.717) is 24.3 Å². The van der Waals surface area contributed by atoms with Crippen molar-refractivity contribution in [3.05, 3.63) is 35.9 Å². The Hall–Kier alpha value is -1.06. The maximum atomic E-state index is 12.7. The predicted molar refractivity (Wildman–Crippen MR) is 94.2 cm³/mol. The Morgan fingerprint density at radius 3 is 2.50 bits per heavy atom. The van der Waals surface area contributed by atoms with Crippen molar-refractivity contribution >= 4 is 18.3 Å². The summed E-state index contributed by atoms with van der Waals surface area (Å²) in [5.41, 5.74) is 1.22. The number of carbonyl (C=O) groups is 1. The maximum Gasteiger partial charge on any atom is 0.223 e. The Morgan fingerprint density at radius 2 is 1.91 bits per heavy atom. The minimum Gasteiger partial charge on any atom is -0.336 e. The number of carbonyl (C=O) groups excluding carboxylic acids is 1. The van der Waals surface area contributed by atoms with Crippen LogP contribution in [0.3, 0.4) is 0 Å². The van der Waals surface area contributed by atoms with Crippen LogP contribution in [0.2, 0.25) is 0 Å².